The van der Waals surface area contributed by atoms with Crippen molar-refractivity contribution in [1.82, 2.24) is 5.32 Å². The zero-order valence-corrected chi connectivity index (χ0v) is 16.7. The molecule has 0 fully saturated rings. The van der Waals surface area contributed by atoms with Crippen molar-refractivity contribution in [1.29, 1.82) is 0 Å². The summed E-state index contributed by atoms with van der Waals surface area (Å²) in [5, 5.41) is 11.3. The number of rotatable bonds is 8. The minimum absolute atomic E-state index is 0.288. The normalized spacial score (nSPS) is 12.0. The van der Waals surface area contributed by atoms with Crippen LogP contribution in [0.4, 0.5) is 4.79 Å². The topological polar surface area (TPSA) is 102 Å². The molecule has 2 aromatic carbocycles. The van der Waals surface area contributed by atoms with E-state index < -0.39 is 30.3 Å². The molecule has 0 aromatic heterocycles. The lowest BCUT2D eigenvalue weighted by Gasteiger charge is -2.23. The number of benzene rings is 2. The molecule has 1 unspecified atom stereocenters. The molecule has 0 aliphatic heterocycles. The average Bonchev–Trinajstić information content (AvgIpc) is 2.65. The number of hydrogen-bond acceptors (Lipinski definition) is 5. The highest BCUT2D eigenvalue weighted by molar-refractivity contribution is 6.01. The van der Waals surface area contributed by atoms with Gasteiger partial charge in [0.05, 0.1) is 6.04 Å². The first-order valence-corrected chi connectivity index (χ1v) is 9.16. The number of ether oxygens (including phenoxy) is 2. The summed E-state index contributed by atoms with van der Waals surface area (Å²) >= 11 is 0. The molecule has 1 amide bonds. The fourth-order valence-electron chi connectivity index (χ4n) is 2.57. The Morgan fingerprint density at radius 1 is 1.00 bits per heavy atom. The molecule has 29 heavy (non-hydrogen) atoms. The van der Waals surface area contributed by atoms with Gasteiger partial charge in [-0.1, -0.05) is 30.3 Å². The zero-order chi connectivity index (χ0) is 21.4. The van der Waals surface area contributed by atoms with Gasteiger partial charge >= 0.3 is 12.1 Å². The van der Waals surface area contributed by atoms with Gasteiger partial charge in [-0.05, 0) is 50.6 Å². The number of Topliss-reactive ketones (excluding diaryl/α,β-unsaturated/α-hetero) is 1. The van der Waals surface area contributed by atoms with E-state index in [9.17, 15) is 14.4 Å². The number of ketones is 1. The summed E-state index contributed by atoms with van der Waals surface area (Å²) in [5.74, 6) is -1.04. The Hall–Kier alpha value is -3.35. The van der Waals surface area contributed by atoms with Gasteiger partial charge in [-0.15, -0.1) is 0 Å². The minimum atomic E-state index is -1.09. The lowest BCUT2D eigenvalue weighted by atomic mass is 9.97. The summed E-state index contributed by atoms with van der Waals surface area (Å²) in [5.41, 5.74) is 0.570. The van der Waals surface area contributed by atoms with E-state index in [1.54, 1.807) is 20.8 Å². The molecule has 154 valence electrons. The Balaban J connectivity index is 2.16. The fraction of sp³-hybridized carbons (Fsp3) is 0.318. The van der Waals surface area contributed by atoms with Gasteiger partial charge in [0.1, 0.15) is 11.4 Å². The van der Waals surface area contributed by atoms with Crippen LogP contribution in [-0.2, 0) is 16.0 Å². The van der Waals surface area contributed by atoms with Crippen LogP contribution < -0.4 is 10.1 Å². The first kappa shape index (κ1) is 21.9. The lowest BCUT2D eigenvalue weighted by molar-refractivity contribution is -0.139. The third kappa shape index (κ3) is 7.65. The highest BCUT2D eigenvalue weighted by atomic mass is 16.6. The van der Waals surface area contributed by atoms with Crippen LogP contribution in [0.1, 0.15) is 36.7 Å². The van der Waals surface area contributed by atoms with E-state index in [0.717, 1.165) is 5.56 Å². The van der Waals surface area contributed by atoms with Gasteiger partial charge in [0.2, 0.25) is 0 Å². The van der Waals surface area contributed by atoms with Crippen molar-refractivity contribution in [3.63, 3.8) is 0 Å². The number of alkyl carbamates (subject to hydrolysis) is 1. The van der Waals surface area contributed by atoms with Crippen LogP contribution in [0.25, 0.3) is 0 Å². The second-order valence-corrected chi connectivity index (χ2v) is 7.46. The van der Waals surface area contributed by atoms with Crippen LogP contribution in [0.3, 0.4) is 0 Å². The van der Waals surface area contributed by atoms with Crippen molar-refractivity contribution >= 4 is 17.8 Å². The number of carboxylic acids is 1. The summed E-state index contributed by atoms with van der Waals surface area (Å²) in [4.78, 5) is 35.8. The predicted molar refractivity (Wildman–Crippen MR) is 107 cm³/mol. The molecule has 0 saturated heterocycles. The number of carboxylic acid groups (broad SMARTS) is 1. The van der Waals surface area contributed by atoms with Gasteiger partial charge in [0.25, 0.3) is 0 Å². The van der Waals surface area contributed by atoms with Crippen LogP contribution in [-0.4, -0.2) is 41.2 Å². The number of carbonyl (C=O) groups excluding carboxylic acids is 2. The van der Waals surface area contributed by atoms with Gasteiger partial charge < -0.3 is 19.9 Å². The van der Waals surface area contributed by atoms with Crippen LogP contribution in [0.15, 0.2) is 54.6 Å². The van der Waals surface area contributed by atoms with Gasteiger partial charge in [-0.3, -0.25) is 4.79 Å². The fourth-order valence-corrected chi connectivity index (χ4v) is 2.57. The Morgan fingerprint density at radius 3 is 2.17 bits per heavy atom. The van der Waals surface area contributed by atoms with E-state index in [4.69, 9.17) is 14.6 Å². The molecule has 2 rings (SSSR count). The second-order valence-electron chi connectivity index (χ2n) is 7.46. The number of aliphatic carboxylic acids is 1. The monoisotopic (exact) mass is 399 g/mol. The molecule has 2 N–H and O–H groups in total. The van der Waals surface area contributed by atoms with E-state index in [1.807, 2.05) is 30.3 Å². The van der Waals surface area contributed by atoms with Crippen molar-refractivity contribution in [2.75, 3.05) is 6.61 Å². The smallest absolute Gasteiger partial charge is 0.408 e. The quantitative estimate of drug-likeness (QED) is 0.659. The molecular formula is C22H25NO6. The van der Waals surface area contributed by atoms with Crippen LogP contribution in [0.5, 0.6) is 5.75 Å². The molecule has 0 aliphatic carbocycles. The molecule has 1 atom stereocenters. The second kappa shape index (κ2) is 9.73. The summed E-state index contributed by atoms with van der Waals surface area (Å²) in [6.07, 6.45) is -0.371. The number of nitrogens with one attached hydrogen (secondary N) is 1. The highest BCUT2D eigenvalue weighted by Gasteiger charge is 2.25. The van der Waals surface area contributed by atoms with E-state index >= 15 is 0 Å². The molecule has 0 spiro atoms. The SMILES string of the molecule is CC(C)(C)OC(=O)NC(Cc1ccccc1)C(=O)c1ccc(OCC(=O)O)cc1. The Labute approximate surface area is 169 Å². The third-order valence-corrected chi connectivity index (χ3v) is 3.79. The zero-order valence-electron chi connectivity index (χ0n) is 16.7. The standard InChI is InChI=1S/C22H25NO6/c1-22(2,3)29-21(27)23-18(13-15-7-5-4-6-8-15)20(26)16-9-11-17(12-10-16)28-14-19(24)25/h4-12,18H,13-14H2,1-3H3,(H,23,27)(H,24,25). The predicted octanol–water partition coefficient (Wildman–Crippen LogP) is 3.47. The maximum atomic E-state index is 13.0. The first-order valence-electron chi connectivity index (χ1n) is 9.16. The summed E-state index contributed by atoms with van der Waals surface area (Å²) in [6, 6.07) is 14.6. The van der Waals surface area contributed by atoms with Crippen molar-refractivity contribution < 1.29 is 29.0 Å². The molecule has 7 heteroatoms. The number of amides is 1. The summed E-state index contributed by atoms with van der Waals surface area (Å²) in [6.45, 7) is 4.77. The molecule has 0 radical (unpaired) electrons. The Morgan fingerprint density at radius 2 is 1.62 bits per heavy atom. The van der Waals surface area contributed by atoms with Crippen molar-refractivity contribution in [3.05, 3.63) is 65.7 Å². The molecule has 7 nitrogen and oxygen atoms in total. The third-order valence-electron chi connectivity index (χ3n) is 3.79. The largest absolute Gasteiger partial charge is 0.482 e. The maximum absolute atomic E-state index is 13.0. The van der Waals surface area contributed by atoms with Crippen LogP contribution in [0, 0.1) is 0 Å². The van der Waals surface area contributed by atoms with Gasteiger partial charge in [-0.2, -0.15) is 0 Å². The van der Waals surface area contributed by atoms with Crippen molar-refractivity contribution in [3.8, 4) is 5.75 Å². The molecule has 0 saturated carbocycles. The summed E-state index contributed by atoms with van der Waals surface area (Å²) in [7, 11) is 0. The van der Waals surface area contributed by atoms with Gasteiger partial charge in [0, 0.05) is 12.0 Å². The first-order chi connectivity index (χ1) is 13.6. The van der Waals surface area contributed by atoms with E-state index in [1.165, 1.54) is 24.3 Å². The maximum Gasteiger partial charge on any atom is 0.408 e. The molecule has 0 heterocycles. The lowest BCUT2D eigenvalue weighted by Crippen LogP contribution is -2.44. The minimum Gasteiger partial charge on any atom is -0.482 e. The van der Waals surface area contributed by atoms with Crippen LogP contribution >= 0.6 is 0 Å². The number of carbonyl (C=O) groups is 3. The highest BCUT2D eigenvalue weighted by Crippen LogP contribution is 2.16. The molecule has 0 aliphatic rings. The molecule has 0 bridgehead atoms. The molecular weight excluding hydrogens is 374 g/mol. The Kier molecular flexibility index (Phi) is 7.36. The van der Waals surface area contributed by atoms with Gasteiger partial charge in [-0.25, -0.2) is 9.59 Å². The van der Waals surface area contributed by atoms with E-state index in [2.05, 4.69) is 5.32 Å². The number of hydrogen-bond donors (Lipinski definition) is 2. The summed E-state index contributed by atoms with van der Waals surface area (Å²) < 4.78 is 10.4. The molecule has 2 aromatic rings. The van der Waals surface area contributed by atoms with E-state index in [0.29, 0.717) is 17.7 Å². The van der Waals surface area contributed by atoms with Crippen LogP contribution in [0.2, 0.25) is 0 Å². The van der Waals surface area contributed by atoms with Gasteiger partial charge in [0.15, 0.2) is 12.4 Å². The average molecular weight is 399 g/mol. The van der Waals surface area contributed by atoms with Crippen molar-refractivity contribution in [2.45, 2.75) is 38.8 Å². The van der Waals surface area contributed by atoms with E-state index in [-0.39, 0.29) is 5.78 Å². The van der Waals surface area contributed by atoms with Crippen molar-refractivity contribution in [2.24, 2.45) is 0 Å². The Bertz CT molecular complexity index is 840.